The summed E-state index contributed by atoms with van der Waals surface area (Å²) < 4.78 is 7.01. The molecule has 0 aliphatic rings. The summed E-state index contributed by atoms with van der Waals surface area (Å²) in [4.78, 5) is 0. The Balaban J connectivity index is 1.66. The van der Waals surface area contributed by atoms with Crippen LogP contribution in [0.15, 0.2) is 84.9 Å². The summed E-state index contributed by atoms with van der Waals surface area (Å²) in [5, 5.41) is 11.9. The fourth-order valence-electron chi connectivity index (χ4n) is 4.90. The van der Waals surface area contributed by atoms with E-state index in [0.29, 0.717) is 0 Å². The molecule has 3 heteroatoms. The van der Waals surface area contributed by atoms with Crippen LogP contribution in [-0.4, -0.2) is 26.6 Å². The maximum absolute atomic E-state index is 9.17. The molecule has 0 aliphatic heterocycles. The fourth-order valence-corrected chi connectivity index (χ4v) is 9.50. The monoisotopic (exact) mass is 460 g/mol. The molecule has 0 aliphatic carbocycles. The van der Waals surface area contributed by atoms with Gasteiger partial charge < -0.3 is 9.53 Å². The first kappa shape index (κ1) is 25.4. The molecular formula is C30H40O2Si. The maximum atomic E-state index is 9.17. The van der Waals surface area contributed by atoms with Gasteiger partial charge in [0.15, 0.2) is 0 Å². The Hall–Kier alpha value is -2.20. The van der Waals surface area contributed by atoms with Crippen LogP contribution < -0.4 is 10.4 Å². The lowest BCUT2D eigenvalue weighted by atomic mass is 9.98. The average molecular weight is 461 g/mol. The zero-order valence-corrected chi connectivity index (χ0v) is 21.6. The highest BCUT2D eigenvalue weighted by molar-refractivity contribution is 6.99. The molecule has 2 nitrogen and oxygen atoms in total. The average Bonchev–Trinajstić information content (AvgIpc) is 2.83. The predicted molar refractivity (Wildman–Crippen MR) is 143 cm³/mol. The molecule has 0 unspecified atom stereocenters. The van der Waals surface area contributed by atoms with E-state index in [-0.39, 0.29) is 11.6 Å². The molecule has 0 saturated carbocycles. The highest BCUT2D eigenvalue weighted by Crippen LogP contribution is 2.36. The van der Waals surface area contributed by atoms with Gasteiger partial charge in [0, 0.05) is 13.2 Å². The van der Waals surface area contributed by atoms with Crippen molar-refractivity contribution >= 4 is 18.7 Å². The van der Waals surface area contributed by atoms with E-state index < -0.39 is 8.32 Å². The van der Waals surface area contributed by atoms with E-state index in [4.69, 9.17) is 9.53 Å². The van der Waals surface area contributed by atoms with Crippen molar-refractivity contribution in [2.24, 2.45) is 0 Å². The molecule has 0 aromatic heterocycles. The lowest BCUT2D eigenvalue weighted by Crippen LogP contribution is -2.66. The smallest absolute Gasteiger partial charge is 0.261 e. The largest absolute Gasteiger partial charge is 0.407 e. The molecule has 0 heterocycles. The molecule has 0 fully saturated rings. The zero-order chi connectivity index (χ0) is 23.6. The molecule has 1 N–H and O–H groups in total. The third-order valence-corrected chi connectivity index (χ3v) is 11.6. The van der Waals surface area contributed by atoms with E-state index in [1.807, 2.05) is 0 Å². The van der Waals surface area contributed by atoms with Crippen LogP contribution in [0.25, 0.3) is 0 Å². The summed E-state index contributed by atoms with van der Waals surface area (Å²) in [6.45, 7) is 8.06. The molecule has 33 heavy (non-hydrogen) atoms. The van der Waals surface area contributed by atoms with Gasteiger partial charge in [-0.15, -0.1) is 0 Å². The Morgan fingerprint density at radius 1 is 0.636 bits per heavy atom. The van der Waals surface area contributed by atoms with Gasteiger partial charge in [-0.3, -0.25) is 0 Å². The van der Waals surface area contributed by atoms with E-state index in [1.54, 1.807) is 0 Å². The van der Waals surface area contributed by atoms with Crippen molar-refractivity contribution in [1.29, 1.82) is 0 Å². The Bertz CT molecular complexity index is 908. The van der Waals surface area contributed by atoms with Gasteiger partial charge in [-0.25, -0.2) is 0 Å². The molecule has 0 bridgehead atoms. The van der Waals surface area contributed by atoms with E-state index in [9.17, 15) is 0 Å². The quantitative estimate of drug-likeness (QED) is 0.269. The second-order valence-electron chi connectivity index (χ2n) is 9.92. The molecule has 0 atom stereocenters. The van der Waals surface area contributed by atoms with Crippen LogP contribution in [-0.2, 0) is 17.3 Å². The third kappa shape index (κ3) is 6.44. The molecule has 0 amide bonds. The van der Waals surface area contributed by atoms with E-state index in [1.165, 1.54) is 27.9 Å². The van der Waals surface area contributed by atoms with Gasteiger partial charge in [0.05, 0.1) is 0 Å². The number of benzene rings is 3. The summed E-state index contributed by atoms with van der Waals surface area (Å²) in [7, 11) is -2.42. The Kier molecular flexibility index (Phi) is 9.48. The number of aliphatic hydroxyl groups is 1. The number of aliphatic hydroxyl groups excluding tert-OH is 1. The molecule has 0 radical (unpaired) electrons. The van der Waals surface area contributed by atoms with Gasteiger partial charge in [-0.05, 0) is 58.6 Å². The van der Waals surface area contributed by atoms with Crippen LogP contribution in [0.5, 0.6) is 0 Å². The highest BCUT2D eigenvalue weighted by atomic mass is 28.4. The van der Waals surface area contributed by atoms with Crippen molar-refractivity contribution in [1.82, 2.24) is 0 Å². The number of rotatable bonds is 12. The number of hydrogen-bond donors (Lipinski definition) is 1. The van der Waals surface area contributed by atoms with Crippen LogP contribution in [0, 0.1) is 0 Å². The van der Waals surface area contributed by atoms with Crippen LogP contribution in [0.4, 0.5) is 0 Å². The maximum Gasteiger partial charge on any atom is 0.261 e. The SMILES string of the molecule is CC(C)(C)[Si](OCCCCCc1ccccc1CCCO)(c1ccccc1)c1ccccc1. The van der Waals surface area contributed by atoms with Gasteiger partial charge >= 0.3 is 0 Å². The standard InChI is InChI=1S/C30H40O2Si/c1-30(2,3)33(28-20-8-4-9-21-28,29-22-10-5-11-23-29)32-25-14-6-7-16-26-17-12-13-18-27(26)19-15-24-31/h4-5,8-13,17-18,20-23,31H,6-7,14-16,19,24-25H2,1-3H3. The van der Waals surface area contributed by atoms with Crippen molar-refractivity contribution < 1.29 is 9.53 Å². The molecule has 0 saturated heterocycles. The molecule has 176 valence electrons. The van der Waals surface area contributed by atoms with Crippen LogP contribution in [0.3, 0.4) is 0 Å². The summed E-state index contributed by atoms with van der Waals surface area (Å²) >= 11 is 0. The van der Waals surface area contributed by atoms with E-state index in [2.05, 4.69) is 106 Å². The Morgan fingerprint density at radius 3 is 1.61 bits per heavy atom. The first-order valence-corrected chi connectivity index (χ1v) is 14.3. The summed E-state index contributed by atoms with van der Waals surface area (Å²) in [6, 6.07) is 30.5. The fraction of sp³-hybridized carbons (Fsp3) is 0.400. The minimum atomic E-state index is -2.42. The minimum absolute atomic E-state index is 0.0291. The molecular weight excluding hydrogens is 420 g/mol. The first-order valence-electron chi connectivity index (χ1n) is 12.4. The second-order valence-corrected chi connectivity index (χ2v) is 14.2. The topological polar surface area (TPSA) is 29.5 Å². The van der Waals surface area contributed by atoms with Crippen LogP contribution in [0.2, 0.25) is 5.04 Å². The second kappa shape index (κ2) is 12.3. The number of hydrogen-bond acceptors (Lipinski definition) is 2. The van der Waals surface area contributed by atoms with Gasteiger partial charge in [0.2, 0.25) is 0 Å². The predicted octanol–water partition coefficient (Wildman–Crippen LogP) is 5.90. The van der Waals surface area contributed by atoms with Gasteiger partial charge in [0.25, 0.3) is 8.32 Å². The van der Waals surface area contributed by atoms with Crippen molar-refractivity contribution in [2.75, 3.05) is 13.2 Å². The van der Waals surface area contributed by atoms with Crippen molar-refractivity contribution in [2.45, 2.75) is 64.3 Å². The van der Waals surface area contributed by atoms with E-state index >= 15 is 0 Å². The minimum Gasteiger partial charge on any atom is -0.407 e. The zero-order valence-electron chi connectivity index (χ0n) is 20.6. The summed E-state index contributed by atoms with van der Waals surface area (Å²) in [5.41, 5.74) is 2.81. The van der Waals surface area contributed by atoms with Gasteiger partial charge in [-0.1, -0.05) is 112 Å². The number of unbranched alkanes of at least 4 members (excludes halogenated alkanes) is 2. The van der Waals surface area contributed by atoms with Crippen LogP contribution >= 0.6 is 0 Å². The molecule has 3 rings (SSSR count). The normalized spacial score (nSPS) is 12.1. The summed E-state index contributed by atoms with van der Waals surface area (Å²) in [5.74, 6) is 0. The lowest BCUT2D eigenvalue weighted by Gasteiger charge is -2.43. The summed E-state index contributed by atoms with van der Waals surface area (Å²) in [6.07, 6.45) is 6.30. The Labute approximate surface area is 201 Å². The van der Waals surface area contributed by atoms with Crippen molar-refractivity contribution in [3.8, 4) is 0 Å². The van der Waals surface area contributed by atoms with Crippen molar-refractivity contribution in [3.63, 3.8) is 0 Å². The van der Waals surface area contributed by atoms with E-state index in [0.717, 1.165) is 38.7 Å². The van der Waals surface area contributed by atoms with Crippen molar-refractivity contribution in [3.05, 3.63) is 96.1 Å². The number of aryl methyl sites for hydroxylation is 2. The van der Waals surface area contributed by atoms with Gasteiger partial charge in [0.1, 0.15) is 0 Å². The molecule has 3 aromatic carbocycles. The highest BCUT2D eigenvalue weighted by Gasteiger charge is 2.49. The van der Waals surface area contributed by atoms with Gasteiger partial charge in [-0.2, -0.15) is 0 Å². The third-order valence-electron chi connectivity index (χ3n) is 6.55. The first-order chi connectivity index (χ1) is 16.0. The Morgan fingerprint density at radius 2 is 1.12 bits per heavy atom. The lowest BCUT2D eigenvalue weighted by molar-refractivity contribution is 0.286. The molecule has 0 spiro atoms. The van der Waals surface area contributed by atoms with Crippen LogP contribution in [0.1, 0.15) is 57.6 Å². The molecule has 3 aromatic rings.